The number of benzene rings is 2. The Bertz CT molecular complexity index is 670. The van der Waals surface area contributed by atoms with Gasteiger partial charge in [-0.25, -0.2) is 8.42 Å². The third-order valence-corrected chi connectivity index (χ3v) is 3.76. The second-order valence-electron chi connectivity index (χ2n) is 4.12. The van der Waals surface area contributed by atoms with E-state index in [2.05, 4.69) is 4.72 Å². The zero-order valence-corrected chi connectivity index (χ0v) is 10.9. The third kappa shape index (κ3) is 3.62. The van der Waals surface area contributed by atoms with Crippen LogP contribution in [0.15, 0.2) is 48.5 Å². The molecule has 0 aliphatic carbocycles. The summed E-state index contributed by atoms with van der Waals surface area (Å²) in [5.41, 5.74) is 6.65. The molecular formula is C13H14N2O3S. The first-order valence-electron chi connectivity index (χ1n) is 5.59. The average molecular weight is 278 g/mol. The lowest BCUT2D eigenvalue weighted by atomic mass is 10.2. The molecular weight excluding hydrogens is 264 g/mol. The van der Waals surface area contributed by atoms with Gasteiger partial charge in [0.15, 0.2) is 0 Å². The van der Waals surface area contributed by atoms with Gasteiger partial charge in [0.2, 0.25) is 10.0 Å². The summed E-state index contributed by atoms with van der Waals surface area (Å²) in [6.07, 6.45) is 0. The fourth-order valence-corrected chi connectivity index (χ4v) is 2.82. The number of hydrogen-bond donors (Lipinski definition) is 3. The van der Waals surface area contributed by atoms with Crippen LogP contribution >= 0.6 is 0 Å². The lowest BCUT2D eigenvalue weighted by molar-refractivity contribution is 0.478. The number of anilines is 2. The lowest BCUT2D eigenvalue weighted by Gasteiger charge is -2.09. The number of phenols is 1. The molecule has 0 bridgehead atoms. The van der Waals surface area contributed by atoms with Crippen LogP contribution in [0.3, 0.4) is 0 Å². The molecule has 0 heterocycles. The zero-order valence-electron chi connectivity index (χ0n) is 10.1. The summed E-state index contributed by atoms with van der Waals surface area (Å²) in [7, 11) is -3.50. The average Bonchev–Trinajstić information content (AvgIpc) is 2.34. The summed E-state index contributed by atoms with van der Waals surface area (Å²) in [5, 5.41) is 9.28. The number of hydrogen-bond acceptors (Lipinski definition) is 4. The van der Waals surface area contributed by atoms with Gasteiger partial charge in [0.1, 0.15) is 5.75 Å². The predicted octanol–water partition coefficient (Wildman–Crippen LogP) is 1.92. The molecule has 0 saturated heterocycles. The van der Waals surface area contributed by atoms with Gasteiger partial charge in [-0.05, 0) is 23.8 Å². The molecule has 0 aliphatic rings. The molecule has 5 nitrogen and oxygen atoms in total. The van der Waals surface area contributed by atoms with Crippen molar-refractivity contribution in [2.75, 3.05) is 10.5 Å². The van der Waals surface area contributed by atoms with Crippen molar-refractivity contribution in [2.24, 2.45) is 0 Å². The minimum Gasteiger partial charge on any atom is -0.506 e. The van der Waals surface area contributed by atoms with Crippen LogP contribution in [0.5, 0.6) is 5.75 Å². The molecule has 0 aromatic heterocycles. The molecule has 2 aromatic rings. The van der Waals surface area contributed by atoms with Gasteiger partial charge in [-0.2, -0.15) is 0 Å². The van der Waals surface area contributed by atoms with Gasteiger partial charge in [0.25, 0.3) is 0 Å². The molecule has 0 atom stereocenters. The van der Waals surface area contributed by atoms with Crippen molar-refractivity contribution in [3.63, 3.8) is 0 Å². The Morgan fingerprint density at radius 3 is 2.42 bits per heavy atom. The van der Waals surface area contributed by atoms with Crippen molar-refractivity contribution in [1.82, 2.24) is 0 Å². The quantitative estimate of drug-likeness (QED) is 0.452. The Labute approximate surface area is 111 Å². The van der Waals surface area contributed by atoms with Crippen molar-refractivity contribution >= 4 is 21.4 Å². The smallest absolute Gasteiger partial charge is 0.236 e. The van der Waals surface area contributed by atoms with Crippen LogP contribution in [0.25, 0.3) is 0 Å². The van der Waals surface area contributed by atoms with E-state index in [1.54, 1.807) is 24.3 Å². The molecule has 2 rings (SSSR count). The highest BCUT2D eigenvalue weighted by Crippen LogP contribution is 2.24. The first kappa shape index (κ1) is 13.2. The van der Waals surface area contributed by atoms with E-state index in [4.69, 9.17) is 5.73 Å². The van der Waals surface area contributed by atoms with E-state index in [1.807, 2.05) is 6.07 Å². The van der Waals surface area contributed by atoms with E-state index in [0.29, 0.717) is 11.3 Å². The van der Waals surface area contributed by atoms with Crippen LogP contribution in [-0.2, 0) is 15.8 Å². The van der Waals surface area contributed by atoms with E-state index in [-0.39, 0.29) is 17.2 Å². The first-order chi connectivity index (χ1) is 8.96. The Balaban J connectivity index is 2.15. The molecule has 6 heteroatoms. The van der Waals surface area contributed by atoms with E-state index < -0.39 is 10.0 Å². The highest BCUT2D eigenvalue weighted by molar-refractivity contribution is 7.91. The Hall–Kier alpha value is -2.21. The van der Waals surface area contributed by atoms with Gasteiger partial charge in [-0.1, -0.05) is 30.3 Å². The highest BCUT2D eigenvalue weighted by atomic mass is 32.2. The van der Waals surface area contributed by atoms with E-state index in [9.17, 15) is 13.5 Å². The molecule has 0 fully saturated rings. The molecule has 0 amide bonds. The SMILES string of the molecule is Nc1cc(NS(=O)(=O)Cc2ccccc2)ccc1O. The van der Waals surface area contributed by atoms with Crippen molar-refractivity contribution in [3.05, 3.63) is 54.1 Å². The summed E-state index contributed by atoms with van der Waals surface area (Å²) in [5.74, 6) is -0.194. The van der Waals surface area contributed by atoms with Crippen molar-refractivity contribution < 1.29 is 13.5 Å². The zero-order chi connectivity index (χ0) is 13.9. The van der Waals surface area contributed by atoms with Crippen LogP contribution in [0.2, 0.25) is 0 Å². The number of nitrogens with one attached hydrogen (secondary N) is 1. The summed E-state index contributed by atoms with van der Waals surface area (Å²) in [6, 6.07) is 13.0. The maximum Gasteiger partial charge on any atom is 0.236 e. The fraction of sp³-hybridized carbons (Fsp3) is 0.0769. The van der Waals surface area contributed by atoms with Crippen molar-refractivity contribution in [2.45, 2.75) is 5.75 Å². The number of nitrogen functional groups attached to an aromatic ring is 1. The van der Waals surface area contributed by atoms with Crippen LogP contribution in [0, 0.1) is 0 Å². The van der Waals surface area contributed by atoms with E-state index in [1.165, 1.54) is 18.2 Å². The lowest BCUT2D eigenvalue weighted by Crippen LogP contribution is -2.15. The molecule has 2 aromatic carbocycles. The molecule has 0 aliphatic heterocycles. The summed E-state index contributed by atoms with van der Waals surface area (Å²) in [4.78, 5) is 0. The summed E-state index contributed by atoms with van der Waals surface area (Å²) < 4.78 is 26.3. The number of aromatic hydroxyl groups is 1. The monoisotopic (exact) mass is 278 g/mol. The van der Waals surface area contributed by atoms with Gasteiger partial charge < -0.3 is 10.8 Å². The van der Waals surface area contributed by atoms with Gasteiger partial charge in [-0.15, -0.1) is 0 Å². The topological polar surface area (TPSA) is 92.4 Å². The largest absolute Gasteiger partial charge is 0.506 e. The van der Waals surface area contributed by atoms with Gasteiger partial charge >= 0.3 is 0 Å². The maximum absolute atomic E-state index is 12.0. The summed E-state index contributed by atoms with van der Waals surface area (Å²) in [6.45, 7) is 0. The van der Waals surface area contributed by atoms with Crippen molar-refractivity contribution in [3.8, 4) is 5.75 Å². The Morgan fingerprint density at radius 2 is 1.79 bits per heavy atom. The van der Waals surface area contributed by atoms with E-state index >= 15 is 0 Å². The fourth-order valence-electron chi connectivity index (χ4n) is 1.63. The minimum atomic E-state index is -3.50. The third-order valence-electron chi connectivity index (χ3n) is 2.50. The normalized spacial score (nSPS) is 11.2. The highest BCUT2D eigenvalue weighted by Gasteiger charge is 2.12. The second-order valence-corrected chi connectivity index (χ2v) is 5.84. The van der Waals surface area contributed by atoms with Gasteiger partial charge in [0.05, 0.1) is 17.1 Å². The van der Waals surface area contributed by atoms with Crippen LogP contribution in [0.4, 0.5) is 11.4 Å². The molecule has 4 N–H and O–H groups in total. The van der Waals surface area contributed by atoms with E-state index in [0.717, 1.165) is 0 Å². The number of nitrogens with two attached hydrogens (primary N) is 1. The van der Waals surface area contributed by atoms with Gasteiger partial charge in [-0.3, -0.25) is 4.72 Å². The number of sulfonamides is 1. The minimum absolute atomic E-state index is 0.0778. The molecule has 100 valence electrons. The van der Waals surface area contributed by atoms with Gasteiger partial charge in [0, 0.05) is 0 Å². The Morgan fingerprint density at radius 1 is 1.11 bits per heavy atom. The second kappa shape index (κ2) is 5.19. The van der Waals surface area contributed by atoms with Crippen LogP contribution in [0.1, 0.15) is 5.56 Å². The molecule has 0 spiro atoms. The molecule has 0 unspecified atom stereocenters. The first-order valence-corrected chi connectivity index (χ1v) is 7.24. The maximum atomic E-state index is 12.0. The predicted molar refractivity (Wildman–Crippen MR) is 75.2 cm³/mol. The van der Waals surface area contributed by atoms with Crippen LogP contribution in [-0.4, -0.2) is 13.5 Å². The molecule has 0 radical (unpaired) electrons. The number of rotatable bonds is 4. The standard InChI is InChI=1S/C13H14N2O3S/c14-12-8-11(6-7-13(12)16)15-19(17,18)9-10-4-2-1-3-5-10/h1-8,15-16H,9,14H2. The Kier molecular flexibility index (Phi) is 3.62. The number of phenolic OH excluding ortho intramolecular Hbond substituents is 1. The van der Waals surface area contributed by atoms with Crippen LogP contribution < -0.4 is 10.5 Å². The molecule has 0 saturated carbocycles. The summed E-state index contributed by atoms with van der Waals surface area (Å²) >= 11 is 0. The van der Waals surface area contributed by atoms with Crippen molar-refractivity contribution in [1.29, 1.82) is 0 Å². The molecule has 19 heavy (non-hydrogen) atoms.